The predicted octanol–water partition coefficient (Wildman–Crippen LogP) is 5.50. The first-order chi connectivity index (χ1) is 17.0. The summed E-state index contributed by atoms with van der Waals surface area (Å²) in [5.41, 5.74) is 2.84. The number of carbonyl (C=O) groups excluding carboxylic acids is 2. The van der Waals surface area contributed by atoms with Crippen LogP contribution in [-0.4, -0.2) is 42.3 Å². The van der Waals surface area contributed by atoms with Crippen LogP contribution in [0.1, 0.15) is 34.3 Å². The van der Waals surface area contributed by atoms with Crippen molar-refractivity contribution in [1.29, 1.82) is 0 Å². The first-order valence-electron chi connectivity index (χ1n) is 11.8. The third-order valence-electron chi connectivity index (χ3n) is 6.01. The minimum Gasteiger partial charge on any atom is -0.484 e. The fourth-order valence-corrected chi connectivity index (χ4v) is 4.32. The topological polar surface area (TPSA) is 58.6 Å². The standard InChI is InChI=1S/C29H29BrN2O3/c30-25-11-9-24(10-12-25)28(33)15-8-22-6-13-27(14-7-22)35-21-29(34)31-26-16-18-32(19-17-26)20-23-4-2-1-3-5-23/h1-15,26H,16-21H2,(H,31,34). The molecule has 0 aromatic heterocycles. The number of halogens is 1. The highest BCUT2D eigenvalue weighted by Gasteiger charge is 2.20. The van der Waals surface area contributed by atoms with Crippen LogP contribution in [0.3, 0.4) is 0 Å². The summed E-state index contributed by atoms with van der Waals surface area (Å²) in [5.74, 6) is 0.463. The molecule has 1 heterocycles. The number of allylic oxidation sites excluding steroid dienone is 1. The average molecular weight is 533 g/mol. The third-order valence-corrected chi connectivity index (χ3v) is 6.54. The van der Waals surface area contributed by atoms with E-state index in [0.717, 1.165) is 42.5 Å². The molecule has 1 fully saturated rings. The molecule has 1 saturated heterocycles. The van der Waals surface area contributed by atoms with Gasteiger partial charge in [-0.25, -0.2) is 0 Å². The first kappa shape index (κ1) is 24.9. The van der Waals surface area contributed by atoms with E-state index in [1.165, 1.54) is 5.56 Å². The van der Waals surface area contributed by atoms with Gasteiger partial charge in [-0.05, 0) is 66.4 Å². The first-order valence-corrected chi connectivity index (χ1v) is 12.6. The minimum atomic E-state index is -0.101. The molecule has 0 unspecified atom stereocenters. The molecule has 3 aromatic rings. The van der Waals surface area contributed by atoms with E-state index < -0.39 is 0 Å². The molecule has 180 valence electrons. The zero-order valence-corrected chi connectivity index (χ0v) is 21.1. The molecule has 4 rings (SSSR count). The van der Waals surface area contributed by atoms with Crippen molar-refractivity contribution in [2.24, 2.45) is 0 Å². The average Bonchev–Trinajstić information content (AvgIpc) is 2.89. The zero-order valence-electron chi connectivity index (χ0n) is 19.5. The number of ether oxygens (including phenoxy) is 1. The maximum Gasteiger partial charge on any atom is 0.258 e. The minimum absolute atomic E-state index is 0.0124. The Kier molecular flexibility index (Phi) is 8.87. The van der Waals surface area contributed by atoms with Gasteiger partial charge in [-0.1, -0.05) is 64.5 Å². The van der Waals surface area contributed by atoms with Crippen LogP contribution in [0.4, 0.5) is 0 Å². The van der Waals surface area contributed by atoms with Crippen LogP contribution < -0.4 is 10.1 Å². The van der Waals surface area contributed by atoms with Crippen LogP contribution in [0.15, 0.2) is 89.4 Å². The Hall–Kier alpha value is -3.22. The lowest BCUT2D eigenvalue weighted by Gasteiger charge is -2.32. The van der Waals surface area contributed by atoms with Gasteiger partial charge in [0.1, 0.15) is 5.75 Å². The number of carbonyl (C=O) groups is 2. The van der Waals surface area contributed by atoms with Crippen LogP contribution in [0.5, 0.6) is 5.75 Å². The fraction of sp³-hybridized carbons (Fsp3) is 0.241. The van der Waals surface area contributed by atoms with Crippen molar-refractivity contribution in [2.45, 2.75) is 25.4 Å². The summed E-state index contributed by atoms with van der Waals surface area (Å²) in [6, 6.07) is 25.3. The van der Waals surface area contributed by atoms with E-state index in [9.17, 15) is 9.59 Å². The van der Waals surface area contributed by atoms with E-state index in [-0.39, 0.29) is 24.3 Å². The molecule has 1 aliphatic rings. The quantitative estimate of drug-likeness (QED) is 0.291. The number of hydrogen-bond acceptors (Lipinski definition) is 4. The van der Waals surface area contributed by atoms with Crippen molar-refractivity contribution < 1.29 is 14.3 Å². The van der Waals surface area contributed by atoms with Crippen molar-refractivity contribution in [1.82, 2.24) is 10.2 Å². The van der Waals surface area contributed by atoms with Gasteiger partial charge in [0.25, 0.3) is 5.91 Å². The lowest BCUT2D eigenvalue weighted by molar-refractivity contribution is -0.124. The molecule has 0 saturated carbocycles. The molecular formula is C29H29BrN2O3. The molecule has 0 spiro atoms. The zero-order chi connectivity index (χ0) is 24.5. The van der Waals surface area contributed by atoms with E-state index in [4.69, 9.17) is 4.74 Å². The number of rotatable bonds is 9. The number of hydrogen-bond donors (Lipinski definition) is 1. The summed E-state index contributed by atoms with van der Waals surface area (Å²) in [5, 5.41) is 3.09. The molecule has 35 heavy (non-hydrogen) atoms. The summed E-state index contributed by atoms with van der Waals surface area (Å²) in [7, 11) is 0. The van der Waals surface area contributed by atoms with Crippen molar-refractivity contribution in [3.05, 3.63) is 106 Å². The molecule has 6 heteroatoms. The molecule has 1 amide bonds. The SMILES string of the molecule is O=C(COc1ccc(C=CC(=O)c2ccc(Br)cc2)cc1)NC1CCN(Cc2ccccc2)CC1. The van der Waals surface area contributed by atoms with Gasteiger partial charge in [-0.3, -0.25) is 14.5 Å². The smallest absolute Gasteiger partial charge is 0.258 e. The fourth-order valence-electron chi connectivity index (χ4n) is 4.05. The third kappa shape index (κ3) is 7.91. The van der Waals surface area contributed by atoms with Gasteiger partial charge in [-0.15, -0.1) is 0 Å². The highest BCUT2D eigenvalue weighted by molar-refractivity contribution is 9.10. The van der Waals surface area contributed by atoms with Gasteiger partial charge >= 0.3 is 0 Å². The molecule has 0 bridgehead atoms. The van der Waals surface area contributed by atoms with Crippen molar-refractivity contribution in [3.8, 4) is 5.75 Å². The Morgan fingerprint density at radius 2 is 1.63 bits per heavy atom. The number of likely N-dealkylation sites (tertiary alicyclic amines) is 1. The molecule has 1 aliphatic heterocycles. The summed E-state index contributed by atoms with van der Waals surface area (Å²) in [6.45, 7) is 2.88. The van der Waals surface area contributed by atoms with Gasteiger partial charge < -0.3 is 10.1 Å². The number of benzene rings is 3. The van der Waals surface area contributed by atoms with Gasteiger partial charge in [0.05, 0.1) is 0 Å². The second-order valence-corrected chi connectivity index (χ2v) is 9.58. The predicted molar refractivity (Wildman–Crippen MR) is 142 cm³/mol. The normalized spacial score (nSPS) is 14.7. The van der Waals surface area contributed by atoms with Crippen molar-refractivity contribution >= 4 is 33.7 Å². The number of nitrogens with one attached hydrogen (secondary N) is 1. The highest BCUT2D eigenvalue weighted by Crippen LogP contribution is 2.16. The Morgan fingerprint density at radius 1 is 0.943 bits per heavy atom. The Morgan fingerprint density at radius 3 is 2.31 bits per heavy atom. The Bertz CT molecular complexity index is 1140. The van der Waals surface area contributed by atoms with Crippen LogP contribution in [0.2, 0.25) is 0 Å². The highest BCUT2D eigenvalue weighted by atomic mass is 79.9. The van der Waals surface area contributed by atoms with Crippen LogP contribution >= 0.6 is 15.9 Å². The van der Waals surface area contributed by atoms with Gasteiger partial charge in [0.2, 0.25) is 0 Å². The second kappa shape index (κ2) is 12.5. The molecular weight excluding hydrogens is 504 g/mol. The number of amides is 1. The van der Waals surface area contributed by atoms with E-state index in [1.54, 1.807) is 36.4 Å². The van der Waals surface area contributed by atoms with E-state index in [1.807, 2.05) is 30.3 Å². The van der Waals surface area contributed by atoms with E-state index in [2.05, 4.69) is 50.4 Å². The van der Waals surface area contributed by atoms with E-state index >= 15 is 0 Å². The largest absolute Gasteiger partial charge is 0.484 e. The lowest BCUT2D eigenvalue weighted by Crippen LogP contribution is -2.45. The number of ketones is 1. The monoisotopic (exact) mass is 532 g/mol. The number of nitrogens with zero attached hydrogens (tertiary/aromatic N) is 1. The Balaban J connectivity index is 1.17. The van der Waals surface area contributed by atoms with Gasteiger partial charge in [0.15, 0.2) is 12.4 Å². The maximum atomic E-state index is 12.4. The summed E-state index contributed by atoms with van der Waals surface area (Å²) >= 11 is 3.37. The Labute approximate surface area is 214 Å². The molecule has 0 aliphatic carbocycles. The van der Waals surface area contributed by atoms with Gasteiger partial charge in [0, 0.05) is 35.7 Å². The van der Waals surface area contributed by atoms with E-state index in [0.29, 0.717) is 11.3 Å². The summed E-state index contributed by atoms with van der Waals surface area (Å²) in [6.07, 6.45) is 5.21. The molecule has 0 radical (unpaired) electrons. The second-order valence-electron chi connectivity index (χ2n) is 8.67. The van der Waals surface area contributed by atoms with Crippen LogP contribution in [0, 0.1) is 0 Å². The maximum absolute atomic E-state index is 12.4. The summed E-state index contributed by atoms with van der Waals surface area (Å²) in [4.78, 5) is 27.0. The van der Waals surface area contributed by atoms with Crippen molar-refractivity contribution in [2.75, 3.05) is 19.7 Å². The van der Waals surface area contributed by atoms with Gasteiger partial charge in [-0.2, -0.15) is 0 Å². The lowest BCUT2D eigenvalue weighted by atomic mass is 10.0. The molecule has 0 atom stereocenters. The molecule has 3 aromatic carbocycles. The van der Waals surface area contributed by atoms with Crippen LogP contribution in [-0.2, 0) is 11.3 Å². The summed E-state index contributed by atoms with van der Waals surface area (Å²) < 4.78 is 6.59. The number of piperidine rings is 1. The van der Waals surface area contributed by atoms with Crippen molar-refractivity contribution in [3.63, 3.8) is 0 Å². The van der Waals surface area contributed by atoms with Crippen LogP contribution in [0.25, 0.3) is 6.08 Å². The molecule has 5 nitrogen and oxygen atoms in total. The molecule has 1 N–H and O–H groups in total.